The normalized spacial score (nSPS) is 17.5. The van der Waals surface area contributed by atoms with Crippen molar-refractivity contribution in [3.8, 4) is 11.5 Å². The number of hydrogen-bond acceptors (Lipinski definition) is 6. The van der Waals surface area contributed by atoms with E-state index in [9.17, 15) is 13.2 Å². The number of rotatable bonds is 5. The summed E-state index contributed by atoms with van der Waals surface area (Å²) in [6.07, 6.45) is -0.433. The van der Waals surface area contributed by atoms with Gasteiger partial charge in [-0.15, -0.1) is 0 Å². The monoisotopic (exact) mass is 342 g/mol. The van der Waals surface area contributed by atoms with E-state index >= 15 is 0 Å². The fraction of sp³-hybridized carbons (Fsp3) is 0.500. The average Bonchev–Trinajstić information content (AvgIpc) is 3.13. The smallest absolute Gasteiger partial charge is 0.410 e. The molecule has 0 atom stereocenters. The van der Waals surface area contributed by atoms with E-state index < -0.39 is 21.7 Å². The van der Waals surface area contributed by atoms with E-state index in [2.05, 4.69) is 4.72 Å². The number of sulfonamides is 1. The standard InChI is InChI=1S/C14H18N2O6S/c1-14(2,16-5-6-20-13(16)17)8-15-23(18,19)10-3-4-11-12(7-10)22-9-21-11/h3-4,7,15H,5-6,8-9H2,1-2H3. The van der Waals surface area contributed by atoms with Gasteiger partial charge >= 0.3 is 6.09 Å². The number of nitrogens with one attached hydrogen (secondary N) is 1. The molecule has 0 bridgehead atoms. The highest BCUT2D eigenvalue weighted by Gasteiger charge is 2.36. The predicted molar refractivity (Wildman–Crippen MR) is 79.9 cm³/mol. The molecule has 0 saturated carbocycles. The number of amides is 1. The molecule has 0 radical (unpaired) electrons. The number of carbonyl (C=O) groups excluding carboxylic acids is 1. The number of cyclic esters (lactones) is 1. The van der Waals surface area contributed by atoms with Crippen LogP contribution < -0.4 is 14.2 Å². The van der Waals surface area contributed by atoms with Crippen molar-refractivity contribution in [3.05, 3.63) is 18.2 Å². The summed E-state index contributed by atoms with van der Waals surface area (Å²) >= 11 is 0. The molecule has 1 amide bonds. The van der Waals surface area contributed by atoms with Crippen LogP contribution in [0.3, 0.4) is 0 Å². The van der Waals surface area contributed by atoms with E-state index in [1.54, 1.807) is 19.9 Å². The van der Waals surface area contributed by atoms with E-state index in [1.165, 1.54) is 17.0 Å². The quantitative estimate of drug-likeness (QED) is 0.855. The summed E-state index contributed by atoms with van der Waals surface area (Å²) in [5.74, 6) is 0.916. The Bertz CT molecular complexity index is 731. The molecule has 2 heterocycles. The molecule has 9 heteroatoms. The lowest BCUT2D eigenvalue weighted by Gasteiger charge is -2.33. The minimum atomic E-state index is -3.73. The van der Waals surface area contributed by atoms with Gasteiger partial charge in [-0.1, -0.05) is 0 Å². The van der Waals surface area contributed by atoms with Gasteiger partial charge in [0.15, 0.2) is 11.5 Å². The minimum Gasteiger partial charge on any atom is -0.454 e. The Balaban J connectivity index is 1.72. The molecule has 0 aliphatic carbocycles. The molecular formula is C14H18N2O6S. The Morgan fingerprint density at radius 2 is 1.96 bits per heavy atom. The molecule has 2 aliphatic heterocycles. The Labute approximate surface area is 134 Å². The van der Waals surface area contributed by atoms with Gasteiger partial charge in [-0.05, 0) is 26.0 Å². The summed E-state index contributed by atoms with van der Waals surface area (Å²) in [7, 11) is -3.73. The Morgan fingerprint density at radius 3 is 2.65 bits per heavy atom. The highest BCUT2D eigenvalue weighted by molar-refractivity contribution is 7.89. The first-order chi connectivity index (χ1) is 10.8. The summed E-state index contributed by atoms with van der Waals surface area (Å²) in [6.45, 7) is 4.47. The van der Waals surface area contributed by atoms with Gasteiger partial charge in [-0.2, -0.15) is 0 Å². The molecule has 2 aliphatic rings. The third-order valence-corrected chi connectivity index (χ3v) is 5.24. The van der Waals surface area contributed by atoms with Crippen LogP contribution in [0.5, 0.6) is 11.5 Å². The zero-order valence-corrected chi connectivity index (χ0v) is 13.7. The molecule has 23 heavy (non-hydrogen) atoms. The van der Waals surface area contributed by atoms with Gasteiger partial charge in [0.2, 0.25) is 16.8 Å². The highest BCUT2D eigenvalue weighted by Crippen LogP contribution is 2.33. The van der Waals surface area contributed by atoms with Gasteiger partial charge in [0.1, 0.15) is 6.61 Å². The molecule has 1 aromatic rings. The zero-order chi connectivity index (χ0) is 16.7. The van der Waals surface area contributed by atoms with Crippen LogP contribution in [-0.2, 0) is 14.8 Å². The molecule has 3 rings (SSSR count). The van der Waals surface area contributed by atoms with Crippen molar-refractivity contribution in [1.29, 1.82) is 0 Å². The van der Waals surface area contributed by atoms with Crippen LogP contribution in [-0.4, -0.2) is 51.4 Å². The summed E-state index contributed by atoms with van der Waals surface area (Å²) in [4.78, 5) is 13.2. The summed E-state index contributed by atoms with van der Waals surface area (Å²) < 4.78 is 42.6. The lowest BCUT2D eigenvalue weighted by Crippen LogP contribution is -2.52. The van der Waals surface area contributed by atoms with E-state index in [0.717, 1.165) is 0 Å². The van der Waals surface area contributed by atoms with Crippen molar-refractivity contribution in [2.75, 3.05) is 26.5 Å². The fourth-order valence-electron chi connectivity index (χ4n) is 2.44. The largest absolute Gasteiger partial charge is 0.454 e. The Kier molecular flexibility index (Phi) is 3.85. The molecule has 1 saturated heterocycles. The second-order valence-electron chi connectivity index (χ2n) is 5.92. The van der Waals surface area contributed by atoms with Crippen molar-refractivity contribution in [2.24, 2.45) is 0 Å². The maximum atomic E-state index is 12.4. The first kappa shape index (κ1) is 15.9. The number of fused-ring (bicyclic) bond motifs is 1. The van der Waals surface area contributed by atoms with Crippen LogP contribution in [0.15, 0.2) is 23.1 Å². The van der Waals surface area contributed by atoms with E-state index in [1.807, 2.05) is 0 Å². The van der Waals surface area contributed by atoms with Crippen LogP contribution in [0.4, 0.5) is 4.79 Å². The Hall–Kier alpha value is -2.00. The summed E-state index contributed by atoms with van der Waals surface area (Å²) in [5, 5.41) is 0. The SMILES string of the molecule is CC(C)(CNS(=O)(=O)c1ccc2c(c1)OCO2)N1CCOC1=O. The van der Waals surface area contributed by atoms with E-state index in [4.69, 9.17) is 14.2 Å². The van der Waals surface area contributed by atoms with Gasteiger partial charge in [-0.3, -0.25) is 4.90 Å². The van der Waals surface area contributed by atoms with Crippen LogP contribution in [0.1, 0.15) is 13.8 Å². The molecule has 1 fully saturated rings. The van der Waals surface area contributed by atoms with Crippen LogP contribution in [0.25, 0.3) is 0 Å². The van der Waals surface area contributed by atoms with Gasteiger partial charge < -0.3 is 14.2 Å². The van der Waals surface area contributed by atoms with Crippen LogP contribution in [0, 0.1) is 0 Å². The Morgan fingerprint density at radius 1 is 1.22 bits per heavy atom. The molecule has 0 spiro atoms. The predicted octanol–water partition coefficient (Wildman–Crippen LogP) is 0.924. The second kappa shape index (κ2) is 5.57. The van der Waals surface area contributed by atoms with Crippen molar-refractivity contribution >= 4 is 16.1 Å². The maximum Gasteiger partial charge on any atom is 0.410 e. The maximum absolute atomic E-state index is 12.4. The second-order valence-corrected chi connectivity index (χ2v) is 7.69. The van der Waals surface area contributed by atoms with Crippen molar-refractivity contribution in [2.45, 2.75) is 24.3 Å². The van der Waals surface area contributed by atoms with Crippen LogP contribution >= 0.6 is 0 Å². The molecule has 8 nitrogen and oxygen atoms in total. The average molecular weight is 342 g/mol. The third kappa shape index (κ3) is 3.06. The molecular weight excluding hydrogens is 324 g/mol. The van der Waals surface area contributed by atoms with Crippen molar-refractivity contribution in [3.63, 3.8) is 0 Å². The number of benzene rings is 1. The van der Waals surface area contributed by atoms with Crippen molar-refractivity contribution in [1.82, 2.24) is 9.62 Å². The van der Waals surface area contributed by atoms with Gasteiger partial charge in [0.05, 0.1) is 17.0 Å². The summed E-state index contributed by atoms with van der Waals surface area (Å²) in [6, 6.07) is 4.43. The number of hydrogen-bond donors (Lipinski definition) is 1. The molecule has 0 unspecified atom stereocenters. The fourth-order valence-corrected chi connectivity index (χ4v) is 3.66. The number of ether oxygens (including phenoxy) is 3. The molecule has 0 aromatic heterocycles. The van der Waals surface area contributed by atoms with Gasteiger partial charge in [0.25, 0.3) is 0 Å². The van der Waals surface area contributed by atoms with Crippen molar-refractivity contribution < 1.29 is 27.4 Å². The third-order valence-electron chi connectivity index (χ3n) is 3.84. The number of carbonyl (C=O) groups is 1. The first-order valence-electron chi connectivity index (χ1n) is 7.13. The summed E-state index contributed by atoms with van der Waals surface area (Å²) in [5.41, 5.74) is -0.697. The highest BCUT2D eigenvalue weighted by atomic mass is 32.2. The lowest BCUT2D eigenvalue weighted by molar-refractivity contribution is 0.127. The zero-order valence-electron chi connectivity index (χ0n) is 12.9. The molecule has 1 N–H and O–H groups in total. The topological polar surface area (TPSA) is 94.2 Å². The van der Waals surface area contributed by atoms with E-state index in [-0.39, 0.29) is 18.2 Å². The van der Waals surface area contributed by atoms with Gasteiger partial charge in [-0.25, -0.2) is 17.9 Å². The lowest BCUT2D eigenvalue weighted by atomic mass is 10.0. The minimum absolute atomic E-state index is 0.0683. The van der Waals surface area contributed by atoms with E-state index in [0.29, 0.717) is 24.7 Å². The van der Waals surface area contributed by atoms with Crippen LogP contribution in [0.2, 0.25) is 0 Å². The number of nitrogens with zero attached hydrogens (tertiary/aromatic N) is 1. The van der Waals surface area contributed by atoms with Gasteiger partial charge in [0, 0.05) is 12.6 Å². The first-order valence-corrected chi connectivity index (χ1v) is 8.62. The molecule has 126 valence electrons. The molecule has 1 aromatic carbocycles.